The molecule has 0 radical (unpaired) electrons. The molecule has 1 N–H and O–H groups in total. The van der Waals surface area contributed by atoms with Gasteiger partial charge in [0.25, 0.3) is 0 Å². The number of aliphatic hydroxyl groups excluding tert-OH is 1. The number of carbonyl (C=O) groups excluding carboxylic acids is 3. The van der Waals surface area contributed by atoms with Gasteiger partial charge in [0.2, 0.25) is 11.8 Å². The number of hydrogen-bond acceptors (Lipinski definition) is 6. The maximum absolute atomic E-state index is 14.4. The van der Waals surface area contributed by atoms with Crippen LogP contribution in [-0.2, 0) is 23.9 Å². The third-order valence-electron chi connectivity index (χ3n) is 8.32. The molecule has 36 heavy (non-hydrogen) atoms. The van der Waals surface area contributed by atoms with Gasteiger partial charge in [0.1, 0.15) is 18.2 Å². The third-order valence-corrected chi connectivity index (χ3v) is 9.16. The number of alkyl halides is 1. The van der Waals surface area contributed by atoms with E-state index in [-0.39, 0.29) is 35.9 Å². The molecule has 2 amide bonds. The molecule has 3 aliphatic heterocycles. The van der Waals surface area contributed by atoms with Crippen LogP contribution in [-0.4, -0.2) is 87.6 Å². The van der Waals surface area contributed by atoms with Gasteiger partial charge in [-0.15, -0.1) is 6.58 Å². The van der Waals surface area contributed by atoms with Crippen molar-refractivity contribution < 1.29 is 29.0 Å². The first-order valence-electron chi connectivity index (χ1n) is 13.3. The molecule has 3 saturated heterocycles. The summed E-state index contributed by atoms with van der Waals surface area (Å²) in [7, 11) is 0. The molecule has 3 unspecified atom stereocenters. The number of esters is 1. The lowest BCUT2D eigenvalue weighted by Gasteiger charge is -2.41. The Morgan fingerprint density at radius 3 is 2.61 bits per heavy atom. The summed E-state index contributed by atoms with van der Waals surface area (Å²) < 4.78 is 11.9. The summed E-state index contributed by atoms with van der Waals surface area (Å²) in [6, 6.07) is -0.689. The summed E-state index contributed by atoms with van der Waals surface area (Å²) in [4.78, 5) is 44.9. The predicted octanol–water partition coefficient (Wildman–Crippen LogP) is 2.97. The molecule has 1 spiro atoms. The monoisotopic (exact) mass is 566 g/mol. The number of ether oxygens (including phenoxy) is 2. The van der Waals surface area contributed by atoms with E-state index in [4.69, 9.17) is 9.47 Å². The number of carbonyl (C=O) groups is 3. The molecule has 2 bridgehead atoms. The first-order chi connectivity index (χ1) is 17.4. The summed E-state index contributed by atoms with van der Waals surface area (Å²) in [5.41, 5.74) is -1.07. The van der Waals surface area contributed by atoms with E-state index in [1.165, 1.54) is 12.5 Å². The second-order valence-electron chi connectivity index (χ2n) is 10.5. The lowest BCUT2D eigenvalue weighted by atomic mass is 9.70. The van der Waals surface area contributed by atoms with Gasteiger partial charge in [-0.3, -0.25) is 14.4 Å². The molecule has 3 heterocycles. The summed E-state index contributed by atoms with van der Waals surface area (Å²) in [5.74, 6) is -2.32. The fraction of sp³-hybridized carbons (Fsp3) is 0.741. The molecule has 0 aromatic carbocycles. The first-order valence-corrected chi connectivity index (χ1v) is 14.2. The summed E-state index contributed by atoms with van der Waals surface area (Å²) >= 11 is 3.69. The number of likely N-dealkylation sites (tertiary alicyclic amines) is 1. The van der Waals surface area contributed by atoms with Crippen LogP contribution >= 0.6 is 15.9 Å². The average molecular weight is 568 g/mol. The number of rotatable bonds is 12. The first kappa shape index (κ1) is 27.3. The maximum atomic E-state index is 14.4. The van der Waals surface area contributed by atoms with Gasteiger partial charge in [-0.05, 0) is 38.5 Å². The minimum atomic E-state index is -1.07. The lowest BCUT2D eigenvalue weighted by molar-refractivity contribution is -0.154. The number of nitrogens with zero attached hydrogens (tertiary/aromatic N) is 2. The van der Waals surface area contributed by atoms with E-state index in [1.54, 1.807) is 11.0 Å². The van der Waals surface area contributed by atoms with Crippen molar-refractivity contribution in [2.45, 2.75) is 86.4 Å². The van der Waals surface area contributed by atoms with Crippen molar-refractivity contribution in [3.8, 4) is 0 Å². The van der Waals surface area contributed by atoms with Gasteiger partial charge < -0.3 is 24.4 Å². The Bertz CT molecular complexity index is 861. The minimum Gasteiger partial charge on any atom is -0.461 e. The van der Waals surface area contributed by atoms with Gasteiger partial charge in [-0.25, -0.2) is 0 Å². The Morgan fingerprint density at radius 1 is 1.19 bits per heavy atom. The number of aliphatic hydroxyl groups is 1. The fourth-order valence-corrected chi connectivity index (χ4v) is 7.78. The highest BCUT2D eigenvalue weighted by Gasteiger charge is 2.77. The molecule has 6 atom stereocenters. The number of fused-ring (bicyclic) bond motifs is 1. The van der Waals surface area contributed by atoms with Crippen molar-refractivity contribution in [1.29, 1.82) is 0 Å². The van der Waals surface area contributed by atoms with Crippen LogP contribution in [0.5, 0.6) is 0 Å². The van der Waals surface area contributed by atoms with Crippen LogP contribution in [0.25, 0.3) is 0 Å². The topological polar surface area (TPSA) is 96.4 Å². The molecular weight excluding hydrogens is 528 g/mol. The molecule has 4 fully saturated rings. The molecule has 9 heteroatoms. The van der Waals surface area contributed by atoms with E-state index in [9.17, 15) is 19.5 Å². The van der Waals surface area contributed by atoms with E-state index in [0.29, 0.717) is 32.4 Å². The molecule has 0 aromatic rings. The fourth-order valence-electron chi connectivity index (χ4n) is 6.83. The summed E-state index contributed by atoms with van der Waals surface area (Å²) in [6.07, 6.45) is 10.5. The number of amides is 2. The van der Waals surface area contributed by atoms with Crippen molar-refractivity contribution in [2.24, 2.45) is 11.8 Å². The molecule has 0 aromatic heterocycles. The van der Waals surface area contributed by atoms with Crippen molar-refractivity contribution in [3.05, 3.63) is 25.3 Å². The van der Waals surface area contributed by atoms with Crippen LogP contribution < -0.4 is 0 Å². The van der Waals surface area contributed by atoms with E-state index >= 15 is 0 Å². The zero-order chi connectivity index (χ0) is 25.9. The zero-order valence-electron chi connectivity index (χ0n) is 21.0. The van der Waals surface area contributed by atoms with Crippen molar-refractivity contribution in [3.63, 3.8) is 0 Å². The van der Waals surface area contributed by atoms with Gasteiger partial charge in [0.05, 0.1) is 17.9 Å². The van der Waals surface area contributed by atoms with Crippen LogP contribution in [0.15, 0.2) is 25.3 Å². The third kappa shape index (κ3) is 4.78. The smallest absolute Gasteiger partial charge is 0.312 e. The molecule has 8 nitrogen and oxygen atoms in total. The molecule has 4 rings (SSSR count). The highest BCUT2D eigenvalue weighted by Crippen LogP contribution is 2.60. The van der Waals surface area contributed by atoms with E-state index in [0.717, 1.165) is 32.1 Å². The van der Waals surface area contributed by atoms with Gasteiger partial charge in [0.15, 0.2) is 0 Å². The quantitative estimate of drug-likeness (QED) is 0.169. The number of unbranched alkanes of at least 4 members (excludes halogenated alkanes) is 2. The van der Waals surface area contributed by atoms with Gasteiger partial charge in [-0.1, -0.05) is 53.9 Å². The zero-order valence-corrected chi connectivity index (χ0v) is 22.6. The van der Waals surface area contributed by atoms with Crippen LogP contribution in [0.4, 0.5) is 0 Å². The second kappa shape index (κ2) is 11.8. The number of hydrogen-bond donors (Lipinski definition) is 1. The van der Waals surface area contributed by atoms with E-state index < -0.39 is 35.6 Å². The van der Waals surface area contributed by atoms with Crippen LogP contribution in [0.1, 0.15) is 57.8 Å². The van der Waals surface area contributed by atoms with Gasteiger partial charge >= 0.3 is 5.97 Å². The minimum absolute atomic E-state index is 0.0605. The Kier molecular flexibility index (Phi) is 8.94. The van der Waals surface area contributed by atoms with Crippen LogP contribution in [0, 0.1) is 11.8 Å². The van der Waals surface area contributed by atoms with Crippen molar-refractivity contribution >= 4 is 33.7 Å². The molecule has 4 aliphatic rings. The number of halogens is 1. The lowest BCUT2D eigenvalue weighted by Crippen LogP contribution is -2.58. The molecule has 200 valence electrons. The standard InChI is InChI=1S/C27H39BrN2O6/c1-3-13-29(18-11-7-5-8-12-18)25(33)23-27-17-19(28)22(36-27)20(26(34)35-16-4-2)21(27)24(32)30(23)14-9-6-10-15-31/h3-4,18-23,31H,1-2,5-17H2/t19?,20-,21+,22-,23?,27?/m1/s1. The van der Waals surface area contributed by atoms with Crippen molar-refractivity contribution in [1.82, 2.24) is 9.80 Å². The summed E-state index contributed by atoms with van der Waals surface area (Å²) in [6.45, 7) is 8.45. The van der Waals surface area contributed by atoms with Gasteiger partial charge in [0, 0.05) is 30.6 Å². The van der Waals surface area contributed by atoms with E-state index in [1.807, 2.05) is 4.90 Å². The molecule has 1 saturated carbocycles. The molecular formula is C27H39BrN2O6. The van der Waals surface area contributed by atoms with E-state index in [2.05, 4.69) is 29.1 Å². The summed E-state index contributed by atoms with van der Waals surface area (Å²) in [5, 5.41) is 9.20. The largest absolute Gasteiger partial charge is 0.461 e. The average Bonchev–Trinajstić information content (AvgIpc) is 3.47. The second-order valence-corrected chi connectivity index (χ2v) is 11.6. The van der Waals surface area contributed by atoms with Gasteiger partial charge in [-0.2, -0.15) is 0 Å². The maximum Gasteiger partial charge on any atom is 0.312 e. The highest BCUT2D eigenvalue weighted by molar-refractivity contribution is 9.09. The SMILES string of the molecule is C=CCOC(=O)[C@H]1[C@@H]2OC3(CC2Br)C(C(=O)N(CC=C)C2CCCCC2)N(CCCCCO)C(=O)[C@H]13. The Balaban J connectivity index is 1.69. The van der Waals surface area contributed by atoms with Crippen LogP contribution in [0.3, 0.4) is 0 Å². The predicted molar refractivity (Wildman–Crippen MR) is 138 cm³/mol. The Hall–Kier alpha value is -1.71. The Labute approximate surface area is 222 Å². The normalized spacial score (nSPS) is 33.4. The molecule has 1 aliphatic carbocycles. The highest BCUT2D eigenvalue weighted by atomic mass is 79.9. The van der Waals surface area contributed by atoms with Crippen molar-refractivity contribution in [2.75, 3.05) is 26.3 Å². The Morgan fingerprint density at radius 2 is 1.94 bits per heavy atom. The van der Waals surface area contributed by atoms with Crippen LogP contribution in [0.2, 0.25) is 0 Å².